The average Bonchev–Trinajstić information content (AvgIpc) is 2.85. The molecule has 0 atom stereocenters. The SMILES string of the molecule is CCNCc1noc(CCCc2ccccc2)n1. The third-order valence-corrected chi connectivity index (χ3v) is 2.74. The van der Waals surface area contributed by atoms with Crippen LogP contribution in [0.2, 0.25) is 0 Å². The van der Waals surface area contributed by atoms with Crippen LogP contribution >= 0.6 is 0 Å². The van der Waals surface area contributed by atoms with Gasteiger partial charge >= 0.3 is 0 Å². The highest BCUT2D eigenvalue weighted by molar-refractivity contribution is 5.14. The van der Waals surface area contributed by atoms with Crippen molar-refractivity contribution in [3.8, 4) is 0 Å². The van der Waals surface area contributed by atoms with Crippen molar-refractivity contribution < 1.29 is 4.52 Å². The Morgan fingerprint density at radius 2 is 2.00 bits per heavy atom. The molecule has 0 radical (unpaired) electrons. The molecule has 0 aliphatic heterocycles. The van der Waals surface area contributed by atoms with Crippen molar-refractivity contribution in [2.45, 2.75) is 32.7 Å². The highest BCUT2D eigenvalue weighted by atomic mass is 16.5. The van der Waals surface area contributed by atoms with Crippen LogP contribution in [0.3, 0.4) is 0 Å². The molecule has 0 aliphatic rings. The van der Waals surface area contributed by atoms with E-state index in [9.17, 15) is 0 Å². The lowest BCUT2D eigenvalue weighted by Crippen LogP contribution is -2.12. The monoisotopic (exact) mass is 245 g/mol. The van der Waals surface area contributed by atoms with Gasteiger partial charge in [-0.3, -0.25) is 0 Å². The Morgan fingerprint density at radius 1 is 1.17 bits per heavy atom. The summed E-state index contributed by atoms with van der Waals surface area (Å²) in [4.78, 5) is 4.34. The minimum atomic E-state index is 0.679. The zero-order chi connectivity index (χ0) is 12.6. The molecule has 0 spiro atoms. The summed E-state index contributed by atoms with van der Waals surface area (Å²) in [5.74, 6) is 1.48. The molecule has 1 N–H and O–H groups in total. The first kappa shape index (κ1) is 12.8. The summed E-state index contributed by atoms with van der Waals surface area (Å²) < 4.78 is 5.20. The van der Waals surface area contributed by atoms with Crippen molar-refractivity contribution >= 4 is 0 Å². The quantitative estimate of drug-likeness (QED) is 0.813. The molecule has 0 fully saturated rings. The van der Waals surface area contributed by atoms with Crippen LogP contribution in [0, 0.1) is 0 Å². The van der Waals surface area contributed by atoms with Gasteiger partial charge in [-0.1, -0.05) is 42.4 Å². The Balaban J connectivity index is 1.75. The molecule has 0 aliphatic carbocycles. The fourth-order valence-electron chi connectivity index (χ4n) is 1.79. The van der Waals surface area contributed by atoms with Crippen LogP contribution in [0.15, 0.2) is 34.9 Å². The molecule has 4 nitrogen and oxygen atoms in total. The number of rotatable bonds is 7. The molecule has 0 saturated carbocycles. The van der Waals surface area contributed by atoms with Gasteiger partial charge in [0, 0.05) is 6.42 Å². The maximum absolute atomic E-state index is 5.20. The molecule has 96 valence electrons. The normalized spacial score (nSPS) is 10.7. The molecule has 0 unspecified atom stereocenters. The third kappa shape index (κ3) is 3.96. The highest BCUT2D eigenvalue weighted by Crippen LogP contribution is 2.06. The average molecular weight is 245 g/mol. The van der Waals surface area contributed by atoms with E-state index < -0.39 is 0 Å². The molecule has 1 heterocycles. The molecule has 1 aromatic carbocycles. The summed E-state index contributed by atoms with van der Waals surface area (Å²) in [5, 5.41) is 7.11. The maximum Gasteiger partial charge on any atom is 0.226 e. The minimum absolute atomic E-state index is 0.679. The van der Waals surface area contributed by atoms with Gasteiger partial charge in [0.25, 0.3) is 0 Å². The maximum atomic E-state index is 5.20. The van der Waals surface area contributed by atoms with Crippen LogP contribution in [0.1, 0.15) is 30.6 Å². The van der Waals surface area contributed by atoms with Gasteiger partial charge in [-0.05, 0) is 24.9 Å². The zero-order valence-corrected chi connectivity index (χ0v) is 10.7. The number of aryl methyl sites for hydroxylation is 2. The predicted octanol–water partition coefficient (Wildman–Crippen LogP) is 2.35. The second kappa shape index (κ2) is 6.91. The standard InChI is InChI=1S/C14H19N3O/c1-2-15-11-13-16-14(18-17-13)10-6-9-12-7-4-3-5-8-12/h3-5,7-8,15H,2,6,9-11H2,1H3. The van der Waals surface area contributed by atoms with Gasteiger partial charge in [0.05, 0.1) is 6.54 Å². The molecular formula is C14H19N3O. The Labute approximate surface area is 107 Å². The molecule has 18 heavy (non-hydrogen) atoms. The number of nitrogens with one attached hydrogen (secondary N) is 1. The Hall–Kier alpha value is -1.68. The van der Waals surface area contributed by atoms with Crippen molar-refractivity contribution in [3.63, 3.8) is 0 Å². The van der Waals surface area contributed by atoms with Crippen LogP contribution < -0.4 is 5.32 Å². The van der Waals surface area contributed by atoms with E-state index in [2.05, 4.69) is 46.6 Å². The number of aromatic nitrogens is 2. The van der Waals surface area contributed by atoms with E-state index in [0.29, 0.717) is 6.54 Å². The van der Waals surface area contributed by atoms with Crippen LogP contribution in [0.25, 0.3) is 0 Å². The number of benzene rings is 1. The largest absolute Gasteiger partial charge is 0.339 e. The lowest BCUT2D eigenvalue weighted by atomic mass is 10.1. The van der Waals surface area contributed by atoms with Crippen LogP contribution in [0.5, 0.6) is 0 Å². The molecule has 1 aromatic heterocycles. The number of nitrogens with zero attached hydrogens (tertiary/aromatic N) is 2. The summed E-state index contributed by atoms with van der Waals surface area (Å²) in [6.45, 7) is 3.65. The predicted molar refractivity (Wildman–Crippen MR) is 70.1 cm³/mol. The first-order chi connectivity index (χ1) is 8.88. The van der Waals surface area contributed by atoms with Crippen molar-refractivity contribution in [2.75, 3.05) is 6.54 Å². The number of hydrogen-bond donors (Lipinski definition) is 1. The van der Waals surface area contributed by atoms with E-state index in [0.717, 1.165) is 37.5 Å². The molecule has 2 aromatic rings. The second-order valence-electron chi connectivity index (χ2n) is 4.22. The van der Waals surface area contributed by atoms with Gasteiger partial charge in [0.1, 0.15) is 0 Å². The molecule has 0 saturated heterocycles. The third-order valence-electron chi connectivity index (χ3n) is 2.74. The summed E-state index contributed by atoms with van der Waals surface area (Å²) in [6.07, 6.45) is 2.92. The number of hydrogen-bond acceptors (Lipinski definition) is 4. The zero-order valence-electron chi connectivity index (χ0n) is 10.7. The first-order valence-corrected chi connectivity index (χ1v) is 6.44. The van der Waals surface area contributed by atoms with Gasteiger partial charge in [0.2, 0.25) is 5.89 Å². The van der Waals surface area contributed by atoms with Crippen LogP contribution in [-0.2, 0) is 19.4 Å². The van der Waals surface area contributed by atoms with Gasteiger partial charge < -0.3 is 9.84 Å². The van der Waals surface area contributed by atoms with Gasteiger partial charge in [-0.25, -0.2) is 0 Å². The summed E-state index contributed by atoms with van der Waals surface area (Å²) in [5.41, 5.74) is 1.35. The molecular weight excluding hydrogens is 226 g/mol. The minimum Gasteiger partial charge on any atom is -0.339 e. The molecule has 0 bridgehead atoms. The summed E-state index contributed by atoms with van der Waals surface area (Å²) in [6, 6.07) is 10.5. The van der Waals surface area contributed by atoms with Crippen LogP contribution in [0.4, 0.5) is 0 Å². The van der Waals surface area contributed by atoms with Crippen molar-refractivity contribution in [1.82, 2.24) is 15.5 Å². The van der Waals surface area contributed by atoms with E-state index in [1.807, 2.05) is 6.07 Å². The van der Waals surface area contributed by atoms with E-state index >= 15 is 0 Å². The Bertz CT molecular complexity index is 453. The van der Waals surface area contributed by atoms with E-state index in [1.165, 1.54) is 5.56 Å². The van der Waals surface area contributed by atoms with Crippen molar-refractivity contribution in [2.24, 2.45) is 0 Å². The smallest absolute Gasteiger partial charge is 0.226 e. The van der Waals surface area contributed by atoms with Crippen molar-refractivity contribution in [3.05, 3.63) is 47.6 Å². The van der Waals surface area contributed by atoms with E-state index in [4.69, 9.17) is 4.52 Å². The summed E-state index contributed by atoms with van der Waals surface area (Å²) >= 11 is 0. The molecule has 4 heteroatoms. The lowest BCUT2D eigenvalue weighted by Gasteiger charge is -1.98. The first-order valence-electron chi connectivity index (χ1n) is 6.44. The fourth-order valence-corrected chi connectivity index (χ4v) is 1.79. The topological polar surface area (TPSA) is 51.0 Å². The second-order valence-corrected chi connectivity index (χ2v) is 4.22. The Kier molecular flexibility index (Phi) is 4.90. The van der Waals surface area contributed by atoms with E-state index in [1.54, 1.807) is 0 Å². The van der Waals surface area contributed by atoms with Crippen molar-refractivity contribution in [1.29, 1.82) is 0 Å². The van der Waals surface area contributed by atoms with Gasteiger partial charge in [0.15, 0.2) is 5.82 Å². The van der Waals surface area contributed by atoms with Crippen LogP contribution in [-0.4, -0.2) is 16.7 Å². The molecule has 0 amide bonds. The lowest BCUT2D eigenvalue weighted by molar-refractivity contribution is 0.369. The highest BCUT2D eigenvalue weighted by Gasteiger charge is 2.05. The summed E-state index contributed by atoms with van der Waals surface area (Å²) in [7, 11) is 0. The van der Waals surface area contributed by atoms with E-state index in [-0.39, 0.29) is 0 Å². The fraction of sp³-hybridized carbons (Fsp3) is 0.429. The van der Waals surface area contributed by atoms with Gasteiger partial charge in [-0.15, -0.1) is 0 Å². The van der Waals surface area contributed by atoms with Gasteiger partial charge in [-0.2, -0.15) is 4.98 Å². The Morgan fingerprint density at radius 3 is 2.78 bits per heavy atom. The molecule has 2 rings (SSSR count).